The summed E-state index contributed by atoms with van der Waals surface area (Å²) in [7, 11) is 1.95. The van der Waals surface area contributed by atoms with Crippen molar-refractivity contribution in [2.75, 3.05) is 19.6 Å². The molecular formula is C19H26FN5. The second-order valence-electron chi connectivity index (χ2n) is 6.63. The fourth-order valence-electron chi connectivity index (χ4n) is 3.27. The van der Waals surface area contributed by atoms with Crippen LogP contribution in [-0.4, -0.2) is 40.3 Å². The lowest BCUT2D eigenvalue weighted by Crippen LogP contribution is -2.40. The van der Waals surface area contributed by atoms with E-state index in [1.165, 1.54) is 11.6 Å². The number of halogens is 1. The van der Waals surface area contributed by atoms with E-state index in [4.69, 9.17) is 4.99 Å². The Morgan fingerprint density at radius 1 is 1.44 bits per heavy atom. The van der Waals surface area contributed by atoms with Crippen LogP contribution in [0, 0.1) is 12.7 Å². The Labute approximate surface area is 148 Å². The molecule has 6 heteroatoms. The molecule has 0 spiro atoms. The minimum Gasteiger partial charge on any atom is -0.357 e. The van der Waals surface area contributed by atoms with Gasteiger partial charge in [0.05, 0.1) is 12.7 Å². The van der Waals surface area contributed by atoms with E-state index in [1.807, 2.05) is 24.0 Å². The molecule has 0 saturated carbocycles. The van der Waals surface area contributed by atoms with Crippen molar-refractivity contribution in [3.05, 3.63) is 53.1 Å². The van der Waals surface area contributed by atoms with E-state index >= 15 is 0 Å². The monoisotopic (exact) mass is 343 g/mol. The van der Waals surface area contributed by atoms with Gasteiger partial charge in [0.15, 0.2) is 5.96 Å². The van der Waals surface area contributed by atoms with E-state index in [0.29, 0.717) is 18.0 Å². The Bertz CT molecular complexity index is 752. The average molecular weight is 343 g/mol. The van der Waals surface area contributed by atoms with Gasteiger partial charge in [-0.3, -0.25) is 4.68 Å². The predicted octanol–water partition coefficient (Wildman–Crippen LogP) is 2.82. The Hall–Kier alpha value is -2.37. The first-order chi connectivity index (χ1) is 12.1. The fraction of sp³-hybridized carbons (Fsp3) is 0.474. The number of nitrogens with one attached hydrogen (secondary N) is 1. The molecule has 0 radical (unpaired) electrons. The van der Waals surface area contributed by atoms with Gasteiger partial charge in [-0.2, -0.15) is 5.10 Å². The third-order valence-corrected chi connectivity index (χ3v) is 4.65. The quantitative estimate of drug-likeness (QED) is 0.686. The summed E-state index contributed by atoms with van der Waals surface area (Å²) in [5, 5.41) is 7.66. The molecule has 1 aliphatic heterocycles. The van der Waals surface area contributed by atoms with Crippen LogP contribution in [0.3, 0.4) is 0 Å². The van der Waals surface area contributed by atoms with Crippen LogP contribution in [0.1, 0.15) is 36.0 Å². The minimum absolute atomic E-state index is 0.168. The van der Waals surface area contributed by atoms with Crippen LogP contribution in [-0.2, 0) is 13.6 Å². The molecule has 1 N–H and O–H groups in total. The first kappa shape index (κ1) is 17.5. The molecule has 2 aromatic rings. The first-order valence-corrected chi connectivity index (χ1v) is 8.83. The lowest BCUT2D eigenvalue weighted by atomic mass is 10.0. The van der Waals surface area contributed by atoms with Gasteiger partial charge < -0.3 is 10.2 Å². The second-order valence-corrected chi connectivity index (χ2v) is 6.63. The molecule has 1 aliphatic rings. The smallest absolute Gasteiger partial charge is 0.194 e. The number of rotatable bonds is 4. The van der Waals surface area contributed by atoms with Crippen molar-refractivity contribution in [1.29, 1.82) is 0 Å². The standard InChI is InChI=1S/C19H26FN5/c1-4-21-19(22-10-15-5-6-18(20)14(2)9-15)25-8-7-16(13-25)17-11-23-24(3)12-17/h5-6,9,11-12,16H,4,7-8,10,13H2,1-3H3,(H,21,22). The molecule has 1 fully saturated rings. The maximum Gasteiger partial charge on any atom is 0.194 e. The van der Waals surface area contributed by atoms with Crippen LogP contribution >= 0.6 is 0 Å². The molecule has 25 heavy (non-hydrogen) atoms. The zero-order chi connectivity index (χ0) is 17.8. The van der Waals surface area contributed by atoms with Crippen molar-refractivity contribution in [1.82, 2.24) is 20.0 Å². The summed E-state index contributed by atoms with van der Waals surface area (Å²) < 4.78 is 15.3. The van der Waals surface area contributed by atoms with Crippen LogP contribution in [0.5, 0.6) is 0 Å². The SMILES string of the molecule is CCNC(=NCc1ccc(F)c(C)c1)N1CCC(c2cnn(C)c2)C1. The third-order valence-electron chi connectivity index (χ3n) is 4.65. The minimum atomic E-state index is -0.168. The van der Waals surface area contributed by atoms with Crippen LogP contribution < -0.4 is 5.32 Å². The number of hydrogen-bond donors (Lipinski definition) is 1. The van der Waals surface area contributed by atoms with Crippen LogP contribution in [0.25, 0.3) is 0 Å². The lowest BCUT2D eigenvalue weighted by Gasteiger charge is -2.21. The van der Waals surface area contributed by atoms with Gasteiger partial charge in [0, 0.05) is 38.8 Å². The summed E-state index contributed by atoms with van der Waals surface area (Å²) in [5.41, 5.74) is 2.97. The largest absolute Gasteiger partial charge is 0.357 e. The van der Waals surface area contributed by atoms with Crippen molar-refractivity contribution in [2.24, 2.45) is 12.0 Å². The van der Waals surface area contributed by atoms with Crippen LogP contribution in [0.2, 0.25) is 0 Å². The maximum absolute atomic E-state index is 13.4. The van der Waals surface area contributed by atoms with E-state index < -0.39 is 0 Å². The molecule has 1 aromatic carbocycles. The molecule has 1 unspecified atom stereocenters. The first-order valence-electron chi connectivity index (χ1n) is 8.83. The maximum atomic E-state index is 13.4. The summed E-state index contributed by atoms with van der Waals surface area (Å²) in [4.78, 5) is 7.06. The molecule has 3 rings (SSSR count). The predicted molar refractivity (Wildman–Crippen MR) is 98.1 cm³/mol. The van der Waals surface area contributed by atoms with E-state index in [0.717, 1.165) is 37.6 Å². The van der Waals surface area contributed by atoms with Crippen molar-refractivity contribution >= 4 is 5.96 Å². The summed E-state index contributed by atoms with van der Waals surface area (Å²) in [6.07, 6.45) is 5.16. The van der Waals surface area contributed by atoms with Gasteiger partial charge in [0.25, 0.3) is 0 Å². The highest BCUT2D eigenvalue weighted by Crippen LogP contribution is 2.26. The Morgan fingerprint density at radius 3 is 2.96 bits per heavy atom. The summed E-state index contributed by atoms with van der Waals surface area (Å²) in [5.74, 6) is 1.25. The normalized spacial score (nSPS) is 18.0. The molecule has 1 saturated heterocycles. The molecule has 0 bridgehead atoms. The number of nitrogens with zero attached hydrogens (tertiary/aromatic N) is 4. The summed E-state index contributed by atoms with van der Waals surface area (Å²) in [6, 6.07) is 5.18. The van der Waals surface area contributed by atoms with E-state index in [-0.39, 0.29) is 5.82 Å². The molecule has 134 valence electrons. The zero-order valence-corrected chi connectivity index (χ0v) is 15.2. The van der Waals surface area contributed by atoms with Gasteiger partial charge in [-0.25, -0.2) is 9.38 Å². The highest BCUT2D eigenvalue weighted by molar-refractivity contribution is 5.80. The number of guanidine groups is 1. The van der Waals surface area contributed by atoms with Crippen LogP contribution in [0.4, 0.5) is 4.39 Å². The molecule has 2 heterocycles. The summed E-state index contributed by atoms with van der Waals surface area (Å²) >= 11 is 0. The Balaban J connectivity index is 1.69. The van der Waals surface area contributed by atoms with Gasteiger partial charge in [0.1, 0.15) is 5.82 Å². The molecular weight excluding hydrogens is 317 g/mol. The van der Waals surface area contributed by atoms with E-state index in [1.54, 1.807) is 13.0 Å². The topological polar surface area (TPSA) is 45.5 Å². The van der Waals surface area contributed by atoms with Gasteiger partial charge in [0.2, 0.25) is 0 Å². The van der Waals surface area contributed by atoms with Crippen molar-refractivity contribution in [3.8, 4) is 0 Å². The molecule has 1 aromatic heterocycles. The number of aromatic nitrogens is 2. The van der Waals surface area contributed by atoms with Gasteiger partial charge in [-0.1, -0.05) is 12.1 Å². The van der Waals surface area contributed by atoms with Crippen molar-refractivity contribution in [3.63, 3.8) is 0 Å². The van der Waals surface area contributed by atoms with Gasteiger partial charge >= 0.3 is 0 Å². The Kier molecular flexibility index (Phi) is 5.36. The molecule has 0 aliphatic carbocycles. The van der Waals surface area contributed by atoms with E-state index in [2.05, 4.69) is 28.4 Å². The summed E-state index contributed by atoms with van der Waals surface area (Å²) in [6.45, 7) is 7.17. The van der Waals surface area contributed by atoms with Gasteiger partial charge in [-0.05, 0) is 43.0 Å². The number of aryl methyl sites for hydroxylation is 2. The number of hydrogen-bond acceptors (Lipinski definition) is 2. The fourth-order valence-corrected chi connectivity index (χ4v) is 3.27. The highest BCUT2D eigenvalue weighted by Gasteiger charge is 2.26. The number of benzene rings is 1. The highest BCUT2D eigenvalue weighted by atomic mass is 19.1. The van der Waals surface area contributed by atoms with Crippen LogP contribution in [0.15, 0.2) is 35.6 Å². The van der Waals surface area contributed by atoms with Crippen molar-refractivity contribution in [2.45, 2.75) is 32.7 Å². The molecule has 0 amide bonds. The van der Waals surface area contributed by atoms with Crippen molar-refractivity contribution < 1.29 is 4.39 Å². The third kappa shape index (κ3) is 4.18. The van der Waals surface area contributed by atoms with E-state index in [9.17, 15) is 4.39 Å². The molecule has 5 nitrogen and oxygen atoms in total. The number of aliphatic imine (C=N–C) groups is 1. The lowest BCUT2D eigenvalue weighted by molar-refractivity contribution is 0.486. The molecule has 1 atom stereocenters. The zero-order valence-electron chi connectivity index (χ0n) is 15.2. The Morgan fingerprint density at radius 2 is 2.28 bits per heavy atom. The number of likely N-dealkylation sites (tertiary alicyclic amines) is 1. The average Bonchev–Trinajstić information content (AvgIpc) is 3.23. The van der Waals surface area contributed by atoms with Gasteiger partial charge in [-0.15, -0.1) is 0 Å². The second kappa shape index (κ2) is 7.68.